The summed E-state index contributed by atoms with van der Waals surface area (Å²) in [5.74, 6) is -5.48. The highest BCUT2D eigenvalue weighted by molar-refractivity contribution is 6.08. The number of nitrogens with two attached hydrogens (primary N) is 1. The first-order chi connectivity index (χ1) is 13.1. The molecule has 0 bridgehead atoms. The molecule has 11 nitrogen and oxygen atoms in total. The molecule has 1 unspecified atom stereocenters. The summed E-state index contributed by atoms with van der Waals surface area (Å²) in [5, 5.41) is 28.1. The molecule has 1 atom stereocenters. The van der Waals surface area contributed by atoms with Gasteiger partial charge >= 0.3 is 17.9 Å². The molecule has 11 heteroatoms. The average molecular weight is 392 g/mol. The Kier molecular flexibility index (Phi) is 5.58. The molecule has 0 spiro atoms. The number of carbonyl (C=O) groups is 3. The van der Waals surface area contributed by atoms with Crippen LogP contribution in [0, 0.1) is 0 Å². The average Bonchev–Trinajstić information content (AvgIpc) is 2.60. The van der Waals surface area contributed by atoms with Crippen LogP contribution in [0.2, 0.25) is 0 Å². The van der Waals surface area contributed by atoms with Crippen molar-refractivity contribution in [2.45, 2.75) is 13.0 Å². The van der Waals surface area contributed by atoms with Crippen LogP contribution >= 0.6 is 0 Å². The van der Waals surface area contributed by atoms with Crippen molar-refractivity contribution in [3.63, 3.8) is 0 Å². The second-order valence-corrected chi connectivity index (χ2v) is 5.54. The van der Waals surface area contributed by atoms with Crippen molar-refractivity contribution >= 4 is 23.7 Å². The zero-order chi connectivity index (χ0) is 21.2. The summed E-state index contributed by atoms with van der Waals surface area (Å²) in [7, 11) is 1.25. The minimum Gasteiger partial charge on any atom is -0.493 e. The molecule has 1 aromatic carbocycles. The Morgan fingerprint density at radius 1 is 1.11 bits per heavy atom. The molecule has 2 aromatic rings. The van der Waals surface area contributed by atoms with E-state index in [1.807, 2.05) is 4.98 Å². The van der Waals surface area contributed by atoms with Crippen molar-refractivity contribution < 1.29 is 39.2 Å². The molecule has 0 radical (unpaired) electrons. The van der Waals surface area contributed by atoms with Crippen LogP contribution in [-0.2, 0) is 4.79 Å². The van der Waals surface area contributed by atoms with E-state index in [0.29, 0.717) is 0 Å². The molecule has 1 heterocycles. The first-order valence-corrected chi connectivity index (χ1v) is 7.69. The number of anilines is 1. The highest BCUT2D eigenvalue weighted by Gasteiger charge is 2.30. The van der Waals surface area contributed by atoms with Crippen molar-refractivity contribution in [1.29, 1.82) is 0 Å². The minimum atomic E-state index is -1.71. The van der Waals surface area contributed by atoms with Gasteiger partial charge in [-0.2, -0.15) is 0 Å². The zero-order valence-corrected chi connectivity index (χ0v) is 14.7. The molecule has 0 saturated carbocycles. The SMILES string of the molecule is COc1cccc(-c2c(C(=O)O)c(N)[nH]c(=O)c2C(=O)O)c1OC(C)C(=O)O. The number of carboxylic acids is 3. The Hall–Kier alpha value is -4.02. The van der Waals surface area contributed by atoms with Crippen molar-refractivity contribution in [1.82, 2.24) is 4.98 Å². The van der Waals surface area contributed by atoms with E-state index in [0.717, 1.165) is 0 Å². The van der Waals surface area contributed by atoms with Crippen molar-refractivity contribution in [3.8, 4) is 22.6 Å². The van der Waals surface area contributed by atoms with Gasteiger partial charge in [-0.25, -0.2) is 14.4 Å². The van der Waals surface area contributed by atoms with E-state index in [1.165, 1.54) is 32.2 Å². The summed E-state index contributed by atoms with van der Waals surface area (Å²) in [4.78, 5) is 48.7. The summed E-state index contributed by atoms with van der Waals surface area (Å²) >= 11 is 0. The largest absolute Gasteiger partial charge is 0.493 e. The molecule has 0 aliphatic carbocycles. The number of H-pyrrole nitrogens is 1. The number of carboxylic acid groups (broad SMARTS) is 3. The van der Waals surface area contributed by atoms with Gasteiger partial charge in [-0.15, -0.1) is 0 Å². The zero-order valence-electron chi connectivity index (χ0n) is 14.7. The van der Waals surface area contributed by atoms with E-state index in [2.05, 4.69) is 0 Å². The van der Waals surface area contributed by atoms with E-state index in [1.54, 1.807) is 0 Å². The van der Waals surface area contributed by atoms with Crippen molar-refractivity contribution in [2.75, 3.05) is 12.8 Å². The molecular weight excluding hydrogens is 376 g/mol. The maximum Gasteiger partial charge on any atom is 0.344 e. The van der Waals surface area contributed by atoms with Gasteiger partial charge in [-0.3, -0.25) is 4.79 Å². The standard InChI is InChI=1S/C17H16N2O9/c1-6(15(21)22)28-12-7(4-3-5-8(12)27-2)9-10(16(23)24)13(18)19-14(20)11(9)17(25)26/h3-6H,1-2H3,(H,21,22)(H,23,24)(H,25,26)(H3,18,19,20). The first-order valence-electron chi connectivity index (χ1n) is 7.69. The predicted molar refractivity (Wildman–Crippen MR) is 95.1 cm³/mol. The number of aliphatic carboxylic acids is 1. The Morgan fingerprint density at radius 3 is 2.21 bits per heavy atom. The molecule has 28 heavy (non-hydrogen) atoms. The fraction of sp³-hybridized carbons (Fsp3) is 0.176. The molecule has 0 saturated heterocycles. The number of ether oxygens (including phenoxy) is 2. The Labute approximate surface area is 156 Å². The van der Waals surface area contributed by atoms with Crippen molar-refractivity contribution in [3.05, 3.63) is 39.7 Å². The second-order valence-electron chi connectivity index (χ2n) is 5.54. The van der Waals surface area contributed by atoms with Gasteiger partial charge < -0.3 is 35.5 Å². The monoisotopic (exact) mass is 392 g/mol. The number of hydrogen-bond acceptors (Lipinski definition) is 7. The summed E-state index contributed by atoms with van der Waals surface area (Å²) in [6.07, 6.45) is -1.39. The minimum absolute atomic E-state index is 0.00266. The Balaban J connectivity index is 2.99. The summed E-state index contributed by atoms with van der Waals surface area (Å²) in [6, 6.07) is 4.05. The van der Waals surface area contributed by atoms with Gasteiger partial charge in [0.15, 0.2) is 17.6 Å². The third kappa shape index (κ3) is 3.58. The van der Waals surface area contributed by atoms with E-state index in [4.69, 9.17) is 20.3 Å². The van der Waals surface area contributed by atoms with Gasteiger partial charge in [0.05, 0.1) is 7.11 Å². The molecular formula is C17H16N2O9. The highest BCUT2D eigenvalue weighted by atomic mass is 16.5. The normalized spacial score (nSPS) is 11.5. The number of aromatic nitrogens is 1. The number of pyridine rings is 1. The molecule has 0 aliphatic rings. The molecule has 0 fully saturated rings. The lowest BCUT2D eigenvalue weighted by Gasteiger charge is -2.19. The summed E-state index contributed by atoms with van der Waals surface area (Å²) in [6.45, 7) is 1.21. The van der Waals surface area contributed by atoms with Gasteiger partial charge in [0.25, 0.3) is 5.56 Å². The van der Waals surface area contributed by atoms with Crippen LogP contribution in [0.5, 0.6) is 11.5 Å². The maximum atomic E-state index is 12.2. The van der Waals surface area contributed by atoms with Gasteiger partial charge in [-0.05, 0) is 13.0 Å². The molecule has 1 aromatic heterocycles. The number of methoxy groups -OCH3 is 1. The quantitative estimate of drug-likeness (QED) is 0.452. The van der Waals surface area contributed by atoms with E-state index >= 15 is 0 Å². The van der Waals surface area contributed by atoms with E-state index in [-0.39, 0.29) is 17.1 Å². The molecule has 2 rings (SSSR count). The van der Waals surface area contributed by atoms with Crippen molar-refractivity contribution in [2.24, 2.45) is 0 Å². The topological polar surface area (TPSA) is 189 Å². The molecule has 0 amide bonds. The Bertz CT molecular complexity index is 1030. The predicted octanol–water partition coefficient (Wildman–Crippen LogP) is 0.881. The smallest absolute Gasteiger partial charge is 0.344 e. The van der Waals surface area contributed by atoms with Crippen LogP contribution in [-0.4, -0.2) is 51.4 Å². The van der Waals surface area contributed by atoms with Gasteiger partial charge in [0, 0.05) is 11.1 Å². The van der Waals surface area contributed by atoms with Crippen LogP contribution in [0.4, 0.5) is 5.82 Å². The summed E-state index contributed by atoms with van der Waals surface area (Å²) < 4.78 is 10.5. The summed E-state index contributed by atoms with van der Waals surface area (Å²) in [5.41, 5.74) is 2.18. The maximum absolute atomic E-state index is 12.2. The van der Waals surface area contributed by atoms with E-state index in [9.17, 15) is 29.4 Å². The van der Waals surface area contributed by atoms with Gasteiger partial charge in [-0.1, -0.05) is 12.1 Å². The first kappa shape index (κ1) is 20.3. The third-order valence-electron chi connectivity index (χ3n) is 3.78. The third-order valence-corrected chi connectivity index (χ3v) is 3.78. The number of nitrogen functional groups attached to an aromatic ring is 1. The van der Waals surface area contributed by atoms with Crippen LogP contribution in [0.3, 0.4) is 0 Å². The van der Waals surface area contributed by atoms with Gasteiger partial charge in [0.2, 0.25) is 0 Å². The van der Waals surface area contributed by atoms with Crippen LogP contribution < -0.4 is 20.8 Å². The number of para-hydroxylation sites is 1. The number of aromatic amines is 1. The lowest BCUT2D eigenvalue weighted by atomic mass is 9.94. The fourth-order valence-corrected chi connectivity index (χ4v) is 2.54. The Morgan fingerprint density at radius 2 is 1.71 bits per heavy atom. The lowest BCUT2D eigenvalue weighted by molar-refractivity contribution is -0.144. The number of nitrogens with one attached hydrogen (secondary N) is 1. The van der Waals surface area contributed by atoms with Crippen LogP contribution in [0.1, 0.15) is 27.6 Å². The highest BCUT2D eigenvalue weighted by Crippen LogP contribution is 2.41. The van der Waals surface area contributed by atoms with E-state index < -0.39 is 52.1 Å². The number of benzene rings is 1. The van der Waals surface area contributed by atoms with Crippen LogP contribution in [0.25, 0.3) is 11.1 Å². The lowest BCUT2D eigenvalue weighted by Crippen LogP contribution is -2.26. The molecule has 148 valence electrons. The molecule has 6 N–H and O–H groups in total. The number of aromatic carboxylic acids is 2. The molecule has 0 aliphatic heterocycles. The number of rotatable bonds is 7. The van der Waals surface area contributed by atoms with Crippen LogP contribution in [0.15, 0.2) is 23.0 Å². The van der Waals surface area contributed by atoms with Gasteiger partial charge in [0.1, 0.15) is 16.9 Å². The number of hydrogen-bond donors (Lipinski definition) is 5. The fourth-order valence-electron chi connectivity index (χ4n) is 2.54. The second kappa shape index (κ2) is 7.70.